The molecule has 8 heteroatoms. The van der Waals surface area contributed by atoms with E-state index in [1.165, 1.54) is 11.0 Å². The Bertz CT molecular complexity index is 720. The number of amides is 1. The Morgan fingerprint density at radius 3 is 2.75 bits per heavy atom. The molecule has 3 rings (SSSR count). The topological polar surface area (TPSA) is 56.0 Å². The maximum atomic E-state index is 13.2. The van der Waals surface area contributed by atoms with Crippen LogP contribution in [0.25, 0.3) is 0 Å². The van der Waals surface area contributed by atoms with E-state index in [2.05, 4.69) is 10.2 Å². The van der Waals surface area contributed by atoms with Gasteiger partial charge in [0.15, 0.2) is 0 Å². The van der Waals surface area contributed by atoms with E-state index in [1.54, 1.807) is 11.7 Å². The maximum absolute atomic E-state index is 13.2. The number of alkyl halides is 2. The molecule has 6 nitrogen and oxygen atoms in total. The first kappa shape index (κ1) is 16.6. The van der Waals surface area contributed by atoms with Crippen molar-refractivity contribution < 1.29 is 13.6 Å². The molecule has 2 aromatic heterocycles. The van der Waals surface area contributed by atoms with Gasteiger partial charge in [0.25, 0.3) is 6.43 Å². The van der Waals surface area contributed by atoms with Crippen LogP contribution < -0.4 is 0 Å². The molecule has 1 aliphatic rings. The van der Waals surface area contributed by atoms with Gasteiger partial charge in [-0.2, -0.15) is 10.2 Å². The molecule has 0 aromatic carbocycles. The van der Waals surface area contributed by atoms with Crippen molar-refractivity contribution in [2.24, 2.45) is 0 Å². The number of hydrogen-bond donors (Lipinski definition) is 0. The Balaban J connectivity index is 1.67. The van der Waals surface area contributed by atoms with Crippen LogP contribution in [0.2, 0.25) is 0 Å². The largest absolute Gasteiger partial charge is 0.338 e. The molecule has 0 radical (unpaired) electrons. The van der Waals surface area contributed by atoms with Gasteiger partial charge in [0.1, 0.15) is 12.2 Å². The van der Waals surface area contributed by atoms with Crippen LogP contribution in [0.4, 0.5) is 8.78 Å². The third kappa shape index (κ3) is 3.63. The van der Waals surface area contributed by atoms with Gasteiger partial charge in [-0.1, -0.05) is 0 Å². The fourth-order valence-corrected chi connectivity index (χ4v) is 2.58. The number of carbonyl (C=O) groups is 1. The van der Waals surface area contributed by atoms with E-state index < -0.39 is 6.43 Å². The first-order valence-electron chi connectivity index (χ1n) is 8.10. The third-order valence-corrected chi connectivity index (χ3v) is 4.18. The molecule has 0 N–H and O–H groups in total. The van der Waals surface area contributed by atoms with Crippen molar-refractivity contribution >= 4 is 5.91 Å². The molecule has 0 bridgehead atoms. The molecule has 0 aliphatic heterocycles. The molecule has 1 amide bonds. The SMILES string of the molecule is CCn1ccc(CN(C)C(=O)Cn2nc(C3CC3)cc2C(F)F)n1. The van der Waals surface area contributed by atoms with E-state index in [9.17, 15) is 13.6 Å². The van der Waals surface area contributed by atoms with Gasteiger partial charge in [0.05, 0.1) is 17.9 Å². The van der Waals surface area contributed by atoms with Crippen molar-refractivity contribution in [3.05, 3.63) is 35.4 Å². The van der Waals surface area contributed by atoms with E-state index in [1.807, 2.05) is 19.2 Å². The van der Waals surface area contributed by atoms with E-state index in [-0.39, 0.29) is 24.1 Å². The van der Waals surface area contributed by atoms with Crippen LogP contribution in [-0.4, -0.2) is 37.4 Å². The lowest BCUT2D eigenvalue weighted by Gasteiger charge is -2.16. The fourth-order valence-electron chi connectivity index (χ4n) is 2.58. The second kappa shape index (κ2) is 6.70. The highest BCUT2D eigenvalue weighted by Gasteiger charge is 2.29. The molecule has 2 heterocycles. The highest BCUT2D eigenvalue weighted by Crippen LogP contribution is 2.40. The molecule has 0 saturated heterocycles. The second-order valence-electron chi connectivity index (χ2n) is 6.14. The van der Waals surface area contributed by atoms with Crippen LogP contribution >= 0.6 is 0 Å². The zero-order valence-corrected chi connectivity index (χ0v) is 13.8. The summed E-state index contributed by atoms with van der Waals surface area (Å²) in [5, 5.41) is 8.53. The predicted molar refractivity (Wildman–Crippen MR) is 83.5 cm³/mol. The highest BCUT2D eigenvalue weighted by molar-refractivity contribution is 5.75. The monoisotopic (exact) mass is 337 g/mol. The van der Waals surface area contributed by atoms with Gasteiger partial charge in [0, 0.05) is 25.7 Å². The number of hydrogen-bond acceptors (Lipinski definition) is 3. The Hall–Kier alpha value is -2.25. The van der Waals surface area contributed by atoms with E-state index >= 15 is 0 Å². The molecular formula is C16H21F2N5O. The van der Waals surface area contributed by atoms with Crippen molar-refractivity contribution in [1.82, 2.24) is 24.5 Å². The summed E-state index contributed by atoms with van der Waals surface area (Å²) in [7, 11) is 1.64. The minimum absolute atomic E-state index is 0.183. The zero-order chi connectivity index (χ0) is 17.3. The predicted octanol–water partition coefficient (Wildman–Crippen LogP) is 2.57. The summed E-state index contributed by atoms with van der Waals surface area (Å²) in [4.78, 5) is 13.8. The average Bonchev–Trinajstić information content (AvgIpc) is 3.15. The van der Waals surface area contributed by atoms with E-state index in [4.69, 9.17) is 0 Å². The fraction of sp³-hybridized carbons (Fsp3) is 0.562. The Morgan fingerprint density at radius 2 is 2.17 bits per heavy atom. The number of rotatable bonds is 7. The minimum Gasteiger partial charge on any atom is -0.338 e. The van der Waals surface area contributed by atoms with Crippen molar-refractivity contribution in [1.29, 1.82) is 0 Å². The lowest BCUT2D eigenvalue weighted by molar-refractivity contribution is -0.131. The molecule has 130 valence electrons. The first-order valence-corrected chi connectivity index (χ1v) is 8.10. The van der Waals surface area contributed by atoms with Crippen LogP contribution in [0.1, 0.15) is 49.2 Å². The first-order chi connectivity index (χ1) is 11.5. The molecule has 1 saturated carbocycles. The number of carbonyl (C=O) groups excluding carboxylic acids is 1. The van der Waals surface area contributed by atoms with Gasteiger partial charge in [0.2, 0.25) is 5.91 Å². The summed E-state index contributed by atoms with van der Waals surface area (Å²) in [5.41, 5.74) is 1.25. The number of halogens is 2. The molecule has 2 aromatic rings. The molecule has 0 spiro atoms. The standard InChI is InChI=1S/C16H21F2N5O/c1-3-22-7-6-12(19-22)9-21(2)15(24)10-23-14(16(17)18)8-13(20-23)11-4-5-11/h6-8,11,16H,3-5,9-10H2,1-2H3. The van der Waals surface area contributed by atoms with Gasteiger partial charge in [-0.15, -0.1) is 0 Å². The van der Waals surface area contributed by atoms with Crippen LogP contribution in [-0.2, 0) is 24.4 Å². The van der Waals surface area contributed by atoms with E-state index in [0.29, 0.717) is 12.2 Å². The smallest absolute Gasteiger partial charge is 0.280 e. The number of aryl methyl sites for hydroxylation is 1. The molecule has 0 atom stereocenters. The van der Waals surface area contributed by atoms with Gasteiger partial charge < -0.3 is 4.90 Å². The average molecular weight is 337 g/mol. The number of aromatic nitrogens is 4. The van der Waals surface area contributed by atoms with Gasteiger partial charge >= 0.3 is 0 Å². The molecule has 1 fully saturated rings. The van der Waals surface area contributed by atoms with Crippen molar-refractivity contribution in [2.45, 2.75) is 51.7 Å². The number of nitrogens with zero attached hydrogens (tertiary/aromatic N) is 5. The molecule has 0 unspecified atom stereocenters. The summed E-state index contributed by atoms with van der Waals surface area (Å²) >= 11 is 0. The van der Waals surface area contributed by atoms with Crippen LogP contribution in [0.15, 0.2) is 18.3 Å². The van der Waals surface area contributed by atoms with Crippen molar-refractivity contribution in [2.75, 3.05) is 7.05 Å². The van der Waals surface area contributed by atoms with Gasteiger partial charge in [-0.25, -0.2) is 8.78 Å². The maximum Gasteiger partial charge on any atom is 0.280 e. The number of likely N-dealkylation sites (N-methyl/N-ethyl adjacent to an activating group) is 1. The van der Waals surface area contributed by atoms with Crippen molar-refractivity contribution in [3.63, 3.8) is 0 Å². The molecular weight excluding hydrogens is 316 g/mol. The van der Waals surface area contributed by atoms with E-state index in [0.717, 1.165) is 29.8 Å². The highest BCUT2D eigenvalue weighted by atomic mass is 19.3. The summed E-state index contributed by atoms with van der Waals surface area (Å²) in [6.07, 6.45) is 1.17. The normalized spacial score (nSPS) is 14.4. The summed E-state index contributed by atoms with van der Waals surface area (Å²) in [5.74, 6) is 0.00276. The summed E-state index contributed by atoms with van der Waals surface area (Å²) in [6.45, 7) is 2.89. The van der Waals surface area contributed by atoms with Crippen LogP contribution in [0, 0.1) is 0 Å². The molecule has 24 heavy (non-hydrogen) atoms. The van der Waals surface area contributed by atoms with Gasteiger partial charge in [-0.05, 0) is 31.9 Å². The Labute approximate surface area is 139 Å². The Kier molecular flexibility index (Phi) is 4.64. The van der Waals surface area contributed by atoms with Crippen LogP contribution in [0.5, 0.6) is 0 Å². The Morgan fingerprint density at radius 1 is 1.42 bits per heavy atom. The minimum atomic E-state index is -2.64. The lowest BCUT2D eigenvalue weighted by Crippen LogP contribution is -2.31. The van der Waals surface area contributed by atoms with Crippen molar-refractivity contribution in [3.8, 4) is 0 Å². The van der Waals surface area contributed by atoms with Crippen LogP contribution in [0.3, 0.4) is 0 Å². The zero-order valence-electron chi connectivity index (χ0n) is 13.8. The summed E-state index contributed by atoms with van der Waals surface area (Å²) in [6, 6.07) is 3.27. The quantitative estimate of drug-likeness (QED) is 0.780. The summed E-state index contributed by atoms with van der Waals surface area (Å²) < 4.78 is 29.2. The molecule has 1 aliphatic carbocycles. The van der Waals surface area contributed by atoms with Gasteiger partial charge in [-0.3, -0.25) is 14.2 Å². The third-order valence-electron chi connectivity index (χ3n) is 4.18. The second-order valence-corrected chi connectivity index (χ2v) is 6.14. The lowest BCUT2D eigenvalue weighted by atomic mass is 10.3.